The molecule has 10 nitrogen and oxygen atoms in total. The fraction of sp³-hybridized carbons (Fsp3) is 0.283. The number of rotatable bonds is 16. The number of para-hydroxylation sites is 4. The number of nitrogens with two attached hydrogens (primary N) is 1. The molecule has 6 aromatic rings. The average Bonchev–Trinajstić information content (AvgIpc) is 3.64. The Labute approximate surface area is 327 Å². The van der Waals surface area contributed by atoms with E-state index in [1.807, 2.05) is 79.1 Å². The van der Waals surface area contributed by atoms with Crippen LogP contribution in [0.2, 0.25) is 0 Å². The lowest BCUT2D eigenvalue weighted by Crippen LogP contribution is -2.32. The second-order valence-corrected chi connectivity index (χ2v) is 14.3. The summed E-state index contributed by atoms with van der Waals surface area (Å²) in [7, 11) is 0. The van der Waals surface area contributed by atoms with Gasteiger partial charge in [0.1, 0.15) is 0 Å². The van der Waals surface area contributed by atoms with E-state index in [2.05, 4.69) is 56.6 Å². The number of imidazole rings is 1. The van der Waals surface area contributed by atoms with E-state index < -0.39 is 6.29 Å². The third-order valence-corrected chi connectivity index (χ3v) is 10.3. The Bertz CT molecular complexity index is 2220. The van der Waals surface area contributed by atoms with Gasteiger partial charge in [-0.25, -0.2) is 4.98 Å². The highest BCUT2D eigenvalue weighted by Gasteiger charge is 2.32. The highest BCUT2D eigenvalue weighted by Crippen LogP contribution is 2.39. The van der Waals surface area contributed by atoms with Crippen LogP contribution in [0.3, 0.4) is 0 Å². The molecule has 1 aliphatic rings. The van der Waals surface area contributed by atoms with Crippen LogP contribution in [0, 0.1) is 0 Å². The number of nitrogens with one attached hydrogen (secondary N) is 2. The van der Waals surface area contributed by atoms with Gasteiger partial charge in [-0.1, -0.05) is 110 Å². The maximum Gasteiger partial charge on any atom is 0.224 e. The van der Waals surface area contributed by atoms with Crippen LogP contribution in [0.5, 0.6) is 0 Å². The van der Waals surface area contributed by atoms with Gasteiger partial charge in [0.15, 0.2) is 6.29 Å². The summed E-state index contributed by atoms with van der Waals surface area (Å²) in [6, 6.07) is 39.6. The summed E-state index contributed by atoms with van der Waals surface area (Å²) in [5, 5.41) is 15.6. The molecule has 0 saturated carbocycles. The average molecular weight is 752 g/mol. The lowest BCUT2D eigenvalue weighted by Gasteiger charge is -2.36. The smallest absolute Gasteiger partial charge is 0.224 e. The van der Waals surface area contributed by atoms with Crippen LogP contribution in [-0.2, 0) is 38.8 Å². The first-order valence-corrected chi connectivity index (χ1v) is 19.4. The molecule has 0 aliphatic carbocycles. The van der Waals surface area contributed by atoms with Gasteiger partial charge in [0, 0.05) is 31.4 Å². The molecule has 0 bridgehead atoms. The van der Waals surface area contributed by atoms with Crippen molar-refractivity contribution in [2.24, 2.45) is 0 Å². The number of carbonyl (C=O) groups excluding carboxylic acids is 2. The normalized spacial score (nSPS) is 16.8. The minimum absolute atomic E-state index is 0.00727. The van der Waals surface area contributed by atoms with E-state index in [0.717, 1.165) is 70.1 Å². The van der Waals surface area contributed by atoms with Gasteiger partial charge >= 0.3 is 0 Å². The zero-order valence-electron chi connectivity index (χ0n) is 31.5. The van der Waals surface area contributed by atoms with Gasteiger partial charge in [-0.3, -0.25) is 9.59 Å². The summed E-state index contributed by atoms with van der Waals surface area (Å²) >= 11 is 0. The van der Waals surface area contributed by atoms with E-state index in [-0.39, 0.29) is 30.6 Å². The van der Waals surface area contributed by atoms with Gasteiger partial charge < -0.3 is 35.5 Å². The number of fused-ring (bicyclic) bond motifs is 1. The molecule has 0 radical (unpaired) electrons. The molecule has 0 spiro atoms. The van der Waals surface area contributed by atoms with Crippen LogP contribution in [-0.4, -0.2) is 32.6 Å². The number of nitrogen functional groups attached to an aromatic ring is 1. The molecule has 10 heteroatoms. The van der Waals surface area contributed by atoms with Crippen molar-refractivity contribution in [3.05, 3.63) is 150 Å². The standard InChI is InChI=1S/C46H49N5O5/c47-39-13-7-8-14-40(39)50-45(54)18-4-2-1-3-17-44(53)48-28-36-11-5-6-12-38(36)33-23-25-35(26-24-33)46-55-37(29-51-31-49-41-15-9-10-16-42(41)51)27-43(56-46)34-21-19-32(30-52)20-22-34/h5-16,19-26,31,37,43,46,52H,1-4,17-18,27-30,47H2,(H,48,53)(H,50,54)/t37-,43+,46+/m1/s1. The molecule has 5 N–H and O–H groups in total. The Morgan fingerprint density at radius 1 is 0.768 bits per heavy atom. The van der Waals surface area contributed by atoms with Crippen LogP contribution < -0.4 is 16.4 Å². The number of unbranched alkanes of at least 4 members (excludes halogenated alkanes) is 3. The highest BCUT2D eigenvalue weighted by atomic mass is 16.7. The molecule has 7 rings (SSSR count). The van der Waals surface area contributed by atoms with Gasteiger partial charge in [0.05, 0.1) is 54.1 Å². The maximum absolute atomic E-state index is 12.8. The van der Waals surface area contributed by atoms with Crippen molar-refractivity contribution >= 4 is 34.2 Å². The van der Waals surface area contributed by atoms with Crippen LogP contribution in [0.15, 0.2) is 128 Å². The molecule has 2 heterocycles. The first-order valence-electron chi connectivity index (χ1n) is 19.4. The summed E-state index contributed by atoms with van der Waals surface area (Å²) in [6.07, 6.45) is 5.76. The Kier molecular flexibility index (Phi) is 12.8. The number of ether oxygens (including phenoxy) is 2. The van der Waals surface area contributed by atoms with E-state index in [0.29, 0.717) is 43.7 Å². The Morgan fingerprint density at radius 2 is 1.46 bits per heavy atom. The number of hydrogen-bond donors (Lipinski definition) is 4. The molecule has 1 saturated heterocycles. The molecular weight excluding hydrogens is 703 g/mol. The number of aromatic nitrogens is 2. The predicted octanol–water partition coefficient (Wildman–Crippen LogP) is 8.62. The number of amides is 2. The second-order valence-electron chi connectivity index (χ2n) is 14.3. The number of hydrogen-bond acceptors (Lipinski definition) is 7. The molecule has 288 valence electrons. The molecule has 2 amide bonds. The van der Waals surface area contributed by atoms with Crippen LogP contribution in [0.1, 0.15) is 79.6 Å². The van der Waals surface area contributed by atoms with E-state index in [4.69, 9.17) is 15.2 Å². The van der Waals surface area contributed by atoms with E-state index in [1.54, 1.807) is 12.1 Å². The maximum atomic E-state index is 12.8. The van der Waals surface area contributed by atoms with Crippen molar-refractivity contribution in [1.29, 1.82) is 0 Å². The third-order valence-electron chi connectivity index (χ3n) is 10.3. The van der Waals surface area contributed by atoms with Gasteiger partial charge in [-0.15, -0.1) is 0 Å². The number of carbonyl (C=O) groups is 2. The monoisotopic (exact) mass is 751 g/mol. The molecule has 5 aromatic carbocycles. The molecule has 1 aliphatic heterocycles. The number of benzene rings is 5. The minimum Gasteiger partial charge on any atom is -0.397 e. The zero-order valence-corrected chi connectivity index (χ0v) is 31.5. The SMILES string of the molecule is Nc1ccccc1NC(=O)CCCCCCC(=O)NCc1ccccc1-c1ccc([C@H]2O[C@@H](Cn3cnc4ccccc43)C[C@@H](c3ccc(CO)cc3)O2)cc1. The summed E-state index contributed by atoms with van der Waals surface area (Å²) in [6.45, 7) is 1.05. The lowest BCUT2D eigenvalue weighted by atomic mass is 9.97. The number of nitrogens with zero attached hydrogens (tertiary/aromatic N) is 2. The topological polar surface area (TPSA) is 141 Å². The minimum atomic E-state index is -0.583. The molecule has 1 fully saturated rings. The number of aliphatic hydroxyl groups is 1. The fourth-order valence-corrected chi connectivity index (χ4v) is 7.21. The van der Waals surface area contributed by atoms with Gasteiger partial charge in [-0.05, 0) is 64.9 Å². The van der Waals surface area contributed by atoms with Crippen molar-refractivity contribution < 1.29 is 24.2 Å². The molecule has 3 atom stereocenters. The molecule has 56 heavy (non-hydrogen) atoms. The van der Waals surface area contributed by atoms with Crippen molar-refractivity contribution in [3.8, 4) is 11.1 Å². The van der Waals surface area contributed by atoms with E-state index in [9.17, 15) is 14.7 Å². The number of aliphatic hydroxyl groups excluding tert-OH is 1. The van der Waals surface area contributed by atoms with Crippen molar-refractivity contribution in [2.45, 2.75) is 83.1 Å². The highest BCUT2D eigenvalue weighted by molar-refractivity contribution is 5.93. The Morgan fingerprint density at radius 3 is 2.25 bits per heavy atom. The first kappa shape index (κ1) is 38.5. The quantitative estimate of drug-likeness (QED) is 0.0574. The first-order chi connectivity index (χ1) is 27.4. The summed E-state index contributed by atoms with van der Waals surface area (Å²) in [4.78, 5) is 29.6. The van der Waals surface area contributed by atoms with Crippen LogP contribution in [0.25, 0.3) is 22.2 Å². The van der Waals surface area contributed by atoms with Crippen LogP contribution >= 0.6 is 0 Å². The van der Waals surface area contributed by atoms with Crippen LogP contribution in [0.4, 0.5) is 11.4 Å². The summed E-state index contributed by atoms with van der Waals surface area (Å²) < 4.78 is 15.4. The van der Waals surface area contributed by atoms with Gasteiger partial charge in [0.2, 0.25) is 11.8 Å². The summed E-state index contributed by atoms with van der Waals surface area (Å²) in [5.74, 6) is -0.0400. The Hall–Kier alpha value is -5.81. The molecule has 1 aromatic heterocycles. The van der Waals surface area contributed by atoms with Crippen molar-refractivity contribution in [3.63, 3.8) is 0 Å². The fourth-order valence-electron chi connectivity index (χ4n) is 7.21. The molecule has 0 unspecified atom stereocenters. The lowest BCUT2D eigenvalue weighted by molar-refractivity contribution is -0.252. The summed E-state index contributed by atoms with van der Waals surface area (Å²) in [5.41, 5.74) is 15.0. The van der Waals surface area contributed by atoms with Crippen molar-refractivity contribution in [2.75, 3.05) is 11.1 Å². The van der Waals surface area contributed by atoms with Crippen molar-refractivity contribution in [1.82, 2.24) is 14.9 Å². The second kappa shape index (κ2) is 18.7. The van der Waals surface area contributed by atoms with E-state index in [1.165, 1.54) is 0 Å². The Balaban J connectivity index is 0.934. The van der Waals surface area contributed by atoms with Gasteiger partial charge in [-0.2, -0.15) is 0 Å². The third kappa shape index (κ3) is 9.89. The number of anilines is 2. The predicted molar refractivity (Wildman–Crippen MR) is 219 cm³/mol. The molecular formula is C46H49N5O5. The van der Waals surface area contributed by atoms with Gasteiger partial charge in [0.25, 0.3) is 0 Å². The zero-order chi connectivity index (χ0) is 38.7. The largest absolute Gasteiger partial charge is 0.397 e. The van der Waals surface area contributed by atoms with E-state index >= 15 is 0 Å².